The number of aryl methyl sites for hydroxylation is 2. The zero-order valence-electron chi connectivity index (χ0n) is 20.9. The molecule has 0 radical (unpaired) electrons. The van der Waals surface area contributed by atoms with Crippen molar-refractivity contribution in [3.05, 3.63) is 88.5 Å². The Morgan fingerprint density at radius 1 is 1.05 bits per heavy atom. The third-order valence-electron chi connectivity index (χ3n) is 7.27. The number of H-pyrrole nitrogens is 1. The van der Waals surface area contributed by atoms with Gasteiger partial charge in [-0.3, -0.25) is 14.5 Å². The second kappa shape index (κ2) is 9.37. The molecular formula is C30H27N3O5. The van der Waals surface area contributed by atoms with Crippen molar-refractivity contribution in [1.82, 2.24) is 9.97 Å². The van der Waals surface area contributed by atoms with Crippen molar-refractivity contribution in [2.24, 2.45) is 0 Å². The molecule has 1 fully saturated rings. The molecule has 4 aromatic rings. The topological polar surface area (TPSA) is 116 Å². The van der Waals surface area contributed by atoms with Crippen LogP contribution in [-0.2, 0) is 22.4 Å². The molecule has 192 valence electrons. The lowest BCUT2D eigenvalue weighted by atomic mass is 9.88. The molecule has 0 saturated carbocycles. The number of fused-ring (bicyclic) bond motifs is 2. The number of nitrogens with one attached hydrogen (secondary N) is 1. The molecule has 0 bridgehead atoms. The Morgan fingerprint density at radius 3 is 2.63 bits per heavy atom. The fraction of sp³-hybridized carbons (Fsp3) is 0.233. The van der Waals surface area contributed by atoms with Gasteiger partial charge in [-0.1, -0.05) is 30.3 Å². The lowest BCUT2D eigenvalue weighted by Crippen LogP contribution is -2.30. The first kappa shape index (κ1) is 23.8. The van der Waals surface area contributed by atoms with Crippen LogP contribution < -0.4 is 9.64 Å². The molecular weight excluding hydrogens is 482 g/mol. The van der Waals surface area contributed by atoms with Gasteiger partial charge in [0.25, 0.3) is 5.78 Å². The minimum absolute atomic E-state index is 0.0423. The Hall–Kier alpha value is -4.59. The van der Waals surface area contributed by atoms with Crippen LogP contribution in [0.1, 0.15) is 48.1 Å². The number of Topliss-reactive ketones (excluding diaryl/α,β-unsaturated/α-hetero) is 1. The molecule has 8 nitrogen and oxygen atoms in total. The average molecular weight is 510 g/mol. The first-order valence-corrected chi connectivity index (χ1v) is 12.8. The maximum absolute atomic E-state index is 13.5. The van der Waals surface area contributed by atoms with Crippen molar-refractivity contribution in [1.29, 1.82) is 0 Å². The minimum atomic E-state index is -0.994. The van der Waals surface area contributed by atoms with E-state index >= 15 is 0 Å². The molecule has 3 N–H and O–H groups in total. The fourth-order valence-electron chi connectivity index (χ4n) is 5.43. The summed E-state index contributed by atoms with van der Waals surface area (Å²) in [6, 6.07) is 16.7. The molecule has 2 aliphatic rings. The van der Waals surface area contributed by atoms with Crippen LogP contribution in [-0.4, -0.2) is 38.5 Å². The van der Waals surface area contributed by atoms with Gasteiger partial charge in [0.05, 0.1) is 29.3 Å². The Bertz CT molecular complexity index is 1590. The van der Waals surface area contributed by atoms with Crippen LogP contribution in [0.2, 0.25) is 0 Å². The quantitative estimate of drug-likeness (QED) is 0.194. The first-order valence-electron chi connectivity index (χ1n) is 12.8. The zero-order valence-corrected chi connectivity index (χ0v) is 20.9. The summed E-state index contributed by atoms with van der Waals surface area (Å²) in [6.45, 7) is 2.11. The van der Waals surface area contributed by atoms with Gasteiger partial charge in [0.15, 0.2) is 11.5 Å². The molecule has 8 heteroatoms. The maximum atomic E-state index is 13.5. The van der Waals surface area contributed by atoms with Crippen LogP contribution in [0.25, 0.3) is 16.8 Å². The molecule has 6 rings (SSSR count). The number of phenols is 1. The monoisotopic (exact) mass is 509 g/mol. The third kappa shape index (κ3) is 3.89. The second-order valence-corrected chi connectivity index (χ2v) is 9.60. The van der Waals surface area contributed by atoms with Crippen LogP contribution in [0.15, 0.2) is 66.2 Å². The number of aromatic hydroxyl groups is 1. The highest BCUT2D eigenvalue weighted by atomic mass is 16.5. The summed E-state index contributed by atoms with van der Waals surface area (Å²) in [4.78, 5) is 36.0. The van der Waals surface area contributed by atoms with Crippen LogP contribution in [0, 0.1) is 0 Å². The Balaban J connectivity index is 1.55. The van der Waals surface area contributed by atoms with Gasteiger partial charge >= 0.3 is 5.91 Å². The highest BCUT2D eigenvalue weighted by Crippen LogP contribution is 2.44. The number of ketones is 1. The smallest absolute Gasteiger partial charge is 0.302 e. The van der Waals surface area contributed by atoms with Crippen LogP contribution >= 0.6 is 0 Å². The normalized spacial score (nSPS) is 18.7. The molecule has 1 aromatic heterocycles. The number of imidazole rings is 1. The third-order valence-corrected chi connectivity index (χ3v) is 7.27. The van der Waals surface area contributed by atoms with Crippen molar-refractivity contribution in [3.63, 3.8) is 0 Å². The van der Waals surface area contributed by atoms with E-state index in [1.165, 1.54) is 16.5 Å². The number of benzene rings is 3. The van der Waals surface area contributed by atoms with Gasteiger partial charge in [-0.25, -0.2) is 4.98 Å². The van der Waals surface area contributed by atoms with E-state index in [1.54, 1.807) is 25.1 Å². The number of aromatic nitrogens is 2. The number of anilines is 1. The van der Waals surface area contributed by atoms with Gasteiger partial charge in [-0.05, 0) is 79.6 Å². The van der Waals surface area contributed by atoms with E-state index in [9.17, 15) is 19.8 Å². The first-order chi connectivity index (χ1) is 18.5. The molecule has 1 saturated heterocycles. The van der Waals surface area contributed by atoms with E-state index < -0.39 is 17.7 Å². The molecule has 2 heterocycles. The number of amides is 1. The second-order valence-electron chi connectivity index (χ2n) is 9.60. The average Bonchev–Trinajstić information content (AvgIpc) is 3.47. The number of aliphatic hydroxyl groups excluding tert-OH is 1. The summed E-state index contributed by atoms with van der Waals surface area (Å²) >= 11 is 0. The van der Waals surface area contributed by atoms with E-state index in [4.69, 9.17) is 4.74 Å². The molecule has 1 aliphatic carbocycles. The number of para-hydroxylation sites is 2. The van der Waals surface area contributed by atoms with Crippen LogP contribution in [0.3, 0.4) is 0 Å². The SMILES string of the molecule is CCOc1cc(C2/C(=C(\O)c3ccc4c(c3)CCCC4)C(=O)C(=O)N2c2nc3ccccc3[nH]2)ccc1O. The van der Waals surface area contributed by atoms with E-state index in [1.807, 2.05) is 36.4 Å². The summed E-state index contributed by atoms with van der Waals surface area (Å²) in [7, 11) is 0. The lowest BCUT2D eigenvalue weighted by molar-refractivity contribution is -0.132. The van der Waals surface area contributed by atoms with Gasteiger partial charge in [0.2, 0.25) is 5.95 Å². The van der Waals surface area contributed by atoms with Crippen molar-refractivity contribution in [3.8, 4) is 11.5 Å². The predicted octanol–water partition coefficient (Wildman–Crippen LogP) is 5.17. The Kier molecular flexibility index (Phi) is 5.87. The lowest BCUT2D eigenvalue weighted by Gasteiger charge is -2.24. The summed E-state index contributed by atoms with van der Waals surface area (Å²) in [5.74, 6) is -1.52. The Labute approximate surface area is 219 Å². The summed E-state index contributed by atoms with van der Waals surface area (Å²) in [5.41, 5.74) is 4.67. The summed E-state index contributed by atoms with van der Waals surface area (Å²) < 4.78 is 5.58. The maximum Gasteiger partial charge on any atom is 0.302 e. The van der Waals surface area contributed by atoms with Crippen molar-refractivity contribution < 1.29 is 24.5 Å². The van der Waals surface area contributed by atoms with E-state index in [0.29, 0.717) is 28.8 Å². The molecule has 1 amide bonds. The van der Waals surface area contributed by atoms with Gasteiger partial charge < -0.3 is 19.9 Å². The van der Waals surface area contributed by atoms with Crippen LogP contribution in [0.5, 0.6) is 11.5 Å². The fourth-order valence-corrected chi connectivity index (χ4v) is 5.43. The largest absolute Gasteiger partial charge is 0.507 e. The zero-order chi connectivity index (χ0) is 26.4. The predicted molar refractivity (Wildman–Crippen MR) is 143 cm³/mol. The van der Waals surface area contributed by atoms with E-state index in [2.05, 4.69) is 9.97 Å². The minimum Gasteiger partial charge on any atom is -0.507 e. The van der Waals surface area contributed by atoms with Crippen molar-refractivity contribution >= 4 is 34.4 Å². The number of hydrogen-bond donors (Lipinski definition) is 3. The number of rotatable bonds is 5. The molecule has 1 aliphatic heterocycles. The number of ether oxygens (including phenoxy) is 1. The van der Waals surface area contributed by atoms with Crippen molar-refractivity contribution in [2.45, 2.75) is 38.6 Å². The number of carbonyl (C=O) groups excluding carboxylic acids is 2. The number of nitrogens with zero attached hydrogens (tertiary/aromatic N) is 2. The number of phenolic OH excluding ortho intramolecular Hbond substituents is 1. The highest BCUT2D eigenvalue weighted by molar-refractivity contribution is 6.51. The molecule has 1 unspecified atom stereocenters. The Morgan fingerprint density at radius 2 is 1.84 bits per heavy atom. The number of aliphatic hydroxyl groups is 1. The molecule has 1 atom stereocenters. The van der Waals surface area contributed by atoms with Crippen LogP contribution in [0.4, 0.5) is 5.95 Å². The number of aromatic amines is 1. The molecule has 0 spiro atoms. The molecule has 3 aromatic carbocycles. The van der Waals surface area contributed by atoms with Gasteiger partial charge in [0.1, 0.15) is 5.76 Å². The summed E-state index contributed by atoms with van der Waals surface area (Å²) in [6.07, 6.45) is 4.09. The highest BCUT2D eigenvalue weighted by Gasteiger charge is 2.48. The van der Waals surface area contributed by atoms with Gasteiger partial charge in [-0.2, -0.15) is 0 Å². The van der Waals surface area contributed by atoms with E-state index in [0.717, 1.165) is 31.2 Å². The number of carbonyl (C=O) groups is 2. The summed E-state index contributed by atoms with van der Waals surface area (Å²) in [5, 5.41) is 21.8. The molecule has 38 heavy (non-hydrogen) atoms. The van der Waals surface area contributed by atoms with Gasteiger partial charge in [-0.15, -0.1) is 0 Å². The van der Waals surface area contributed by atoms with Gasteiger partial charge in [0, 0.05) is 5.56 Å². The standard InChI is InChI=1S/C30H27N3O5/c1-2-38-24-16-19(13-14-23(24)34)26-25(27(35)20-12-11-17-7-3-4-8-18(17)15-20)28(36)29(37)33(26)30-31-21-9-5-6-10-22(21)32-30/h5-6,9-16,26,34-35H,2-4,7-8H2,1H3,(H,31,32)/b27-25+. The van der Waals surface area contributed by atoms with Crippen molar-refractivity contribution in [2.75, 3.05) is 11.5 Å². The van der Waals surface area contributed by atoms with E-state index in [-0.39, 0.29) is 28.8 Å². The number of hydrogen-bond acceptors (Lipinski definition) is 6.